The van der Waals surface area contributed by atoms with E-state index in [2.05, 4.69) is 15.6 Å². The molecule has 0 unspecified atom stereocenters. The number of carbonyl (C=O) groups excluding carboxylic acids is 1. The highest BCUT2D eigenvalue weighted by Gasteiger charge is 2.20. The van der Waals surface area contributed by atoms with E-state index < -0.39 is 0 Å². The lowest BCUT2D eigenvalue weighted by molar-refractivity contribution is 0.104. The Morgan fingerprint density at radius 3 is 1.81 bits per heavy atom. The first-order chi connectivity index (χ1) is 13.3. The molecule has 1 heterocycles. The fourth-order valence-corrected chi connectivity index (χ4v) is 3.54. The molecule has 3 aromatic carbocycles. The van der Waals surface area contributed by atoms with Gasteiger partial charge in [0.1, 0.15) is 4.88 Å². The number of rotatable bonds is 6. The predicted molar refractivity (Wildman–Crippen MR) is 111 cm³/mol. The lowest BCUT2D eigenvalue weighted by atomic mass is 10.1. The number of hydrogen-bond acceptors (Lipinski definition) is 5. The number of anilines is 4. The molecule has 0 aliphatic carbocycles. The van der Waals surface area contributed by atoms with E-state index in [1.807, 2.05) is 91.0 Å². The summed E-state index contributed by atoms with van der Waals surface area (Å²) < 4.78 is 0. The zero-order chi connectivity index (χ0) is 18.5. The summed E-state index contributed by atoms with van der Waals surface area (Å²) in [6.45, 7) is 0. The van der Waals surface area contributed by atoms with Gasteiger partial charge in [0.25, 0.3) is 0 Å². The summed E-state index contributed by atoms with van der Waals surface area (Å²) in [5.74, 6) is 0.506. The van der Waals surface area contributed by atoms with Gasteiger partial charge in [0.2, 0.25) is 5.78 Å². The second-order valence-electron chi connectivity index (χ2n) is 5.87. The SMILES string of the molecule is O=C(c1ccccc1)c1sc(Nc2ccccc2)nc1Nc1ccccc1. The predicted octanol–water partition coefficient (Wildman–Crippen LogP) is 5.86. The number of carbonyl (C=O) groups is 1. The van der Waals surface area contributed by atoms with Gasteiger partial charge in [-0.1, -0.05) is 78.1 Å². The smallest absolute Gasteiger partial charge is 0.206 e. The minimum Gasteiger partial charge on any atom is -0.339 e. The van der Waals surface area contributed by atoms with Crippen molar-refractivity contribution in [2.45, 2.75) is 0 Å². The van der Waals surface area contributed by atoms with Gasteiger partial charge in [-0.05, 0) is 24.3 Å². The molecule has 0 atom stereocenters. The Hall–Kier alpha value is -3.44. The van der Waals surface area contributed by atoms with Gasteiger partial charge < -0.3 is 10.6 Å². The van der Waals surface area contributed by atoms with Gasteiger partial charge >= 0.3 is 0 Å². The molecule has 0 aliphatic heterocycles. The van der Waals surface area contributed by atoms with Crippen LogP contribution < -0.4 is 10.6 Å². The molecule has 0 spiro atoms. The second-order valence-corrected chi connectivity index (χ2v) is 6.87. The number of hydrogen-bond donors (Lipinski definition) is 2. The van der Waals surface area contributed by atoms with Crippen LogP contribution in [0.3, 0.4) is 0 Å². The normalized spacial score (nSPS) is 10.4. The van der Waals surface area contributed by atoms with Gasteiger partial charge in [-0.15, -0.1) is 0 Å². The third-order valence-electron chi connectivity index (χ3n) is 3.93. The monoisotopic (exact) mass is 371 g/mol. The van der Waals surface area contributed by atoms with Gasteiger partial charge in [-0.25, -0.2) is 4.98 Å². The lowest BCUT2D eigenvalue weighted by Gasteiger charge is -2.05. The molecular weight excluding hydrogens is 354 g/mol. The maximum Gasteiger partial charge on any atom is 0.206 e. The maximum atomic E-state index is 13.0. The van der Waals surface area contributed by atoms with E-state index in [0.29, 0.717) is 21.4 Å². The second kappa shape index (κ2) is 7.85. The highest BCUT2D eigenvalue weighted by Crippen LogP contribution is 2.33. The Bertz CT molecular complexity index is 1030. The van der Waals surface area contributed by atoms with Crippen molar-refractivity contribution in [1.29, 1.82) is 0 Å². The van der Waals surface area contributed by atoms with Crippen LogP contribution in [0.1, 0.15) is 15.2 Å². The molecule has 27 heavy (non-hydrogen) atoms. The molecule has 0 bridgehead atoms. The maximum absolute atomic E-state index is 13.0. The zero-order valence-electron chi connectivity index (χ0n) is 14.4. The van der Waals surface area contributed by atoms with E-state index in [-0.39, 0.29) is 5.78 Å². The molecule has 4 nitrogen and oxygen atoms in total. The average Bonchev–Trinajstić information content (AvgIpc) is 3.11. The minimum absolute atomic E-state index is 0.0485. The van der Waals surface area contributed by atoms with Crippen LogP contribution in [0.25, 0.3) is 0 Å². The lowest BCUT2D eigenvalue weighted by Crippen LogP contribution is -2.02. The number of thiazole rings is 1. The molecule has 0 amide bonds. The van der Waals surface area contributed by atoms with Crippen LogP contribution in [-0.4, -0.2) is 10.8 Å². The molecule has 4 aromatic rings. The Kier molecular flexibility index (Phi) is 4.94. The quantitative estimate of drug-likeness (QED) is 0.417. The van der Waals surface area contributed by atoms with Crippen LogP contribution in [0, 0.1) is 0 Å². The summed E-state index contributed by atoms with van der Waals surface area (Å²) in [4.78, 5) is 18.2. The number of ketones is 1. The van der Waals surface area contributed by atoms with Crippen LogP contribution in [0.15, 0.2) is 91.0 Å². The Balaban J connectivity index is 1.69. The van der Waals surface area contributed by atoms with E-state index in [4.69, 9.17) is 0 Å². The first kappa shape index (κ1) is 17.0. The Morgan fingerprint density at radius 2 is 1.22 bits per heavy atom. The Morgan fingerprint density at radius 1 is 0.704 bits per heavy atom. The van der Waals surface area contributed by atoms with Gasteiger partial charge in [-0.3, -0.25) is 4.79 Å². The summed E-state index contributed by atoms with van der Waals surface area (Å²) >= 11 is 1.34. The summed E-state index contributed by atoms with van der Waals surface area (Å²) in [6.07, 6.45) is 0. The molecule has 0 radical (unpaired) electrons. The van der Waals surface area contributed by atoms with Crippen LogP contribution in [0.2, 0.25) is 0 Å². The number of benzene rings is 3. The molecule has 2 N–H and O–H groups in total. The van der Waals surface area contributed by atoms with Crippen LogP contribution >= 0.6 is 11.3 Å². The zero-order valence-corrected chi connectivity index (χ0v) is 15.2. The van der Waals surface area contributed by atoms with E-state index in [1.54, 1.807) is 0 Å². The molecule has 0 fully saturated rings. The third-order valence-corrected chi connectivity index (χ3v) is 4.90. The van der Waals surface area contributed by atoms with Crippen molar-refractivity contribution in [1.82, 2.24) is 4.98 Å². The first-order valence-electron chi connectivity index (χ1n) is 8.54. The van der Waals surface area contributed by atoms with Crippen molar-refractivity contribution in [3.05, 3.63) is 101 Å². The molecule has 5 heteroatoms. The molecule has 0 saturated heterocycles. The average molecular weight is 371 g/mol. The summed E-state index contributed by atoms with van der Waals surface area (Å²) in [7, 11) is 0. The summed E-state index contributed by atoms with van der Waals surface area (Å²) in [6, 6.07) is 28.8. The van der Waals surface area contributed by atoms with Crippen molar-refractivity contribution in [3.63, 3.8) is 0 Å². The van der Waals surface area contributed by atoms with Crippen LogP contribution in [0.5, 0.6) is 0 Å². The van der Waals surface area contributed by atoms with E-state index in [1.165, 1.54) is 11.3 Å². The largest absolute Gasteiger partial charge is 0.339 e. The van der Waals surface area contributed by atoms with Gasteiger partial charge in [0.15, 0.2) is 10.9 Å². The van der Waals surface area contributed by atoms with Gasteiger partial charge in [-0.2, -0.15) is 0 Å². The highest BCUT2D eigenvalue weighted by atomic mass is 32.1. The molecular formula is C22H17N3OS. The van der Waals surface area contributed by atoms with E-state index >= 15 is 0 Å². The molecule has 0 saturated carbocycles. The minimum atomic E-state index is -0.0485. The van der Waals surface area contributed by atoms with Crippen molar-refractivity contribution >= 4 is 39.4 Å². The van der Waals surface area contributed by atoms with Crippen molar-refractivity contribution in [3.8, 4) is 0 Å². The Labute approximate surface area is 161 Å². The van der Waals surface area contributed by atoms with E-state index in [9.17, 15) is 4.79 Å². The standard InChI is InChI=1S/C22H17N3OS/c26-19(16-10-4-1-5-11-16)20-21(23-17-12-6-2-7-13-17)25-22(27-20)24-18-14-8-3-9-15-18/h1-15,23H,(H,24,25). The summed E-state index contributed by atoms with van der Waals surface area (Å²) in [5, 5.41) is 7.21. The van der Waals surface area contributed by atoms with E-state index in [0.717, 1.165) is 11.4 Å². The third kappa shape index (κ3) is 4.04. The number of nitrogens with one attached hydrogen (secondary N) is 2. The van der Waals surface area contributed by atoms with Crippen LogP contribution in [-0.2, 0) is 0 Å². The molecule has 4 rings (SSSR count). The molecule has 132 valence electrons. The van der Waals surface area contributed by atoms with Crippen molar-refractivity contribution in [2.75, 3.05) is 10.6 Å². The van der Waals surface area contributed by atoms with Crippen molar-refractivity contribution in [2.24, 2.45) is 0 Å². The highest BCUT2D eigenvalue weighted by molar-refractivity contribution is 7.18. The van der Waals surface area contributed by atoms with Crippen molar-refractivity contribution < 1.29 is 4.79 Å². The summed E-state index contributed by atoms with van der Waals surface area (Å²) in [5.41, 5.74) is 2.45. The first-order valence-corrected chi connectivity index (χ1v) is 9.36. The fourth-order valence-electron chi connectivity index (χ4n) is 2.64. The number of para-hydroxylation sites is 2. The van der Waals surface area contributed by atoms with Crippen LogP contribution in [0.4, 0.5) is 22.3 Å². The topological polar surface area (TPSA) is 54.0 Å². The number of aromatic nitrogens is 1. The molecule has 1 aromatic heterocycles. The molecule has 0 aliphatic rings. The number of nitrogens with zero attached hydrogens (tertiary/aromatic N) is 1. The van der Waals surface area contributed by atoms with Gasteiger partial charge in [0.05, 0.1) is 0 Å². The fraction of sp³-hybridized carbons (Fsp3) is 0. The van der Waals surface area contributed by atoms with Gasteiger partial charge in [0, 0.05) is 16.9 Å².